The minimum atomic E-state index is 0.835. The first-order valence-corrected chi connectivity index (χ1v) is 9.78. The van der Waals surface area contributed by atoms with E-state index in [1.54, 1.807) is 0 Å². The Kier molecular flexibility index (Phi) is 6.98. The van der Waals surface area contributed by atoms with Crippen LogP contribution in [0.1, 0.15) is 26.2 Å². The van der Waals surface area contributed by atoms with E-state index >= 15 is 0 Å². The predicted octanol–water partition coefficient (Wildman–Crippen LogP) is 2.59. The van der Waals surface area contributed by atoms with Crippen LogP contribution in [0.2, 0.25) is 0 Å². The van der Waals surface area contributed by atoms with E-state index in [1.165, 1.54) is 18.5 Å². The van der Waals surface area contributed by atoms with Gasteiger partial charge in [0.2, 0.25) is 0 Å². The maximum Gasteiger partial charge on any atom is 0.194 e. The molecule has 0 radical (unpaired) electrons. The van der Waals surface area contributed by atoms with Crippen LogP contribution in [0.4, 0.5) is 5.69 Å². The lowest BCUT2D eigenvalue weighted by Gasteiger charge is -2.37. The van der Waals surface area contributed by atoms with E-state index in [0.717, 1.165) is 70.8 Å². The third-order valence-electron chi connectivity index (χ3n) is 4.79. The summed E-state index contributed by atoms with van der Waals surface area (Å²) >= 11 is 0. The lowest BCUT2D eigenvalue weighted by Crippen LogP contribution is -2.52. The van der Waals surface area contributed by atoms with Crippen molar-refractivity contribution >= 4 is 11.6 Å². The Morgan fingerprint density at radius 1 is 1.16 bits per heavy atom. The van der Waals surface area contributed by atoms with Crippen molar-refractivity contribution in [3.05, 3.63) is 30.3 Å². The molecule has 5 nitrogen and oxygen atoms in total. The van der Waals surface area contributed by atoms with Gasteiger partial charge >= 0.3 is 0 Å². The summed E-state index contributed by atoms with van der Waals surface area (Å²) in [5, 5.41) is 3.44. The van der Waals surface area contributed by atoms with E-state index in [1.807, 2.05) is 0 Å². The second-order valence-electron chi connectivity index (χ2n) is 6.92. The van der Waals surface area contributed by atoms with E-state index in [2.05, 4.69) is 52.4 Å². The molecule has 1 N–H and O–H groups in total. The Morgan fingerprint density at radius 3 is 2.60 bits per heavy atom. The van der Waals surface area contributed by atoms with E-state index in [0.29, 0.717) is 0 Å². The zero-order valence-corrected chi connectivity index (χ0v) is 15.5. The van der Waals surface area contributed by atoms with Crippen LogP contribution in [-0.4, -0.2) is 63.3 Å². The maximum absolute atomic E-state index is 5.70. The molecule has 138 valence electrons. The molecule has 1 aromatic carbocycles. The molecule has 0 bridgehead atoms. The number of ether oxygens (including phenoxy) is 1. The minimum absolute atomic E-state index is 0.835. The number of nitrogens with one attached hydrogen (secondary N) is 1. The number of para-hydroxylation sites is 1. The summed E-state index contributed by atoms with van der Waals surface area (Å²) in [6.07, 6.45) is 3.72. The highest BCUT2D eigenvalue weighted by molar-refractivity contribution is 5.80. The van der Waals surface area contributed by atoms with E-state index in [4.69, 9.17) is 9.73 Å². The highest BCUT2D eigenvalue weighted by Gasteiger charge is 2.21. The first-order chi connectivity index (χ1) is 12.4. The van der Waals surface area contributed by atoms with Crippen LogP contribution >= 0.6 is 0 Å². The van der Waals surface area contributed by atoms with Crippen molar-refractivity contribution in [1.29, 1.82) is 0 Å². The molecule has 0 amide bonds. The highest BCUT2D eigenvalue weighted by Crippen LogP contribution is 2.28. The molecule has 0 spiro atoms. The summed E-state index contributed by atoms with van der Waals surface area (Å²) in [5.74, 6) is 1.90. The Hall–Kier alpha value is -1.75. The molecule has 1 aliphatic heterocycles. The average Bonchev–Trinajstić information content (AvgIpc) is 3.49. The van der Waals surface area contributed by atoms with Crippen molar-refractivity contribution in [1.82, 2.24) is 10.2 Å². The summed E-state index contributed by atoms with van der Waals surface area (Å²) in [6, 6.07) is 10.7. The smallest absolute Gasteiger partial charge is 0.194 e. The van der Waals surface area contributed by atoms with Crippen LogP contribution in [0.3, 0.4) is 0 Å². The number of hydrogen-bond acceptors (Lipinski definition) is 3. The second-order valence-corrected chi connectivity index (χ2v) is 6.92. The van der Waals surface area contributed by atoms with Crippen LogP contribution in [0.5, 0.6) is 0 Å². The van der Waals surface area contributed by atoms with Gasteiger partial charge in [-0.15, -0.1) is 0 Å². The number of guanidine groups is 1. The number of piperazine rings is 1. The molecule has 0 aromatic heterocycles. The van der Waals surface area contributed by atoms with Crippen molar-refractivity contribution in [3.63, 3.8) is 0 Å². The fourth-order valence-corrected chi connectivity index (χ4v) is 3.13. The van der Waals surface area contributed by atoms with E-state index in [-0.39, 0.29) is 0 Å². The Labute approximate surface area is 152 Å². The van der Waals surface area contributed by atoms with Gasteiger partial charge in [0.25, 0.3) is 0 Å². The molecule has 0 atom stereocenters. The summed E-state index contributed by atoms with van der Waals surface area (Å²) in [4.78, 5) is 9.63. The standard InChI is InChI=1S/C20H32N4O/c1-2-21-20(22-11-6-16-25-17-18-9-10-18)24-14-12-23(13-15-24)19-7-4-3-5-8-19/h3-5,7-8,18H,2,6,9-17H2,1H3,(H,21,22). The minimum Gasteiger partial charge on any atom is -0.381 e. The van der Waals surface area contributed by atoms with Crippen molar-refractivity contribution in [3.8, 4) is 0 Å². The molecule has 3 rings (SSSR count). The van der Waals surface area contributed by atoms with Gasteiger partial charge in [-0.05, 0) is 44.2 Å². The molecule has 1 aromatic rings. The second kappa shape index (κ2) is 9.66. The molecule has 25 heavy (non-hydrogen) atoms. The van der Waals surface area contributed by atoms with Crippen LogP contribution in [-0.2, 0) is 4.74 Å². The van der Waals surface area contributed by atoms with Crippen LogP contribution in [0.25, 0.3) is 0 Å². The fourth-order valence-electron chi connectivity index (χ4n) is 3.13. The van der Waals surface area contributed by atoms with Crippen LogP contribution in [0.15, 0.2) is 35.3 Å². The van der Waals surface area contributed by atoms with Gasteiger partial charge in [-0.25, -0.2) is 0 Å². The summed E-state index contributed by atoms with van der Waals surface area (Å²) in [7, 11) is 0. The van der Waals surface area contributed by atoms with Crippen LogP contribution < -0.4 is 10.2 Å². The largest absolute Gasteiger partial charge is 0.381 e. The van der Waals surface area contributed by atoms with Crippen molar-refractivity contribution in [2.45, 2.75) is 26.2 Å². The first kappa shape index (κ1) is 18.1. The molecule has 0 unspecified atom stereocenters. The summed E-state index contributed by atoms with van der Waals surface area (Å²) < 4.78 is 5.70. The normalized spacial score (nSPS) is 18.5. The fraction of sp³-hybridized carbons (Fsp3) is 0.650. The lowest BCUT2D eigenvalue weighted by molar-refractivity contribution is 0.123. The number of rotatable bonds is 8. The molecule has 1 saturated heterocycles. The zero-order chi connectivity index (χ0) is 17.3. The lowest BCUT2D eigenvalue weighted by atomic mass is 10.2. The predicted molar refractivity (Wildman–Crippen MR) is 104 cm³/mol. The molecule has 1 aliphatic carbocycles. The molecule has 2 fully saturated rings. The summed E-state index contributed by atoms with van der Waals surface area (Å²) in [6.45, 7) is 9.78. The van der Waals surface area contributed by atoms with Crippen molar-refractivity contribution in [2.24, 2.45) is 10.9 Å². The van der Waals surface area contributed by atoms with Crippen LogP contribution in [0, 0.1) is 5.92 Å². The summed E-state index contributed by atoms with van der Waals surface area (Å²) in [5.41, 5.74) is 1.32. The van der Waals surface area contributed by atoms with Gasteiger partial charge in [-0.1, -0.05) is 18.2 Å². The van der Waals surface area contributed by atoms with Gasteiger partial charge in [0, 0.05) is 58.2 Å². The zero-order valence-electron chi connectivity index (χ0n) is 15.5. The Morgan fingerprint density at radius 2 is 1.92 bits per heavy atom. The third-order valence-corrected chi connectivity index (χ3v) is 4.79. The van der Waals surface area contributed by atoms with Gasteiger partial charge in [0.1, 0.15) is 0 Å². The van der Waals surface area contributed by atoms with Gasteiger partial charge < -0.3 is 19.9 Å². The van der Waals surface area contributed by atoms with Gasteiger partial charge in [0.15, 0.2) is 5.96 Å². The molecule has 2 aliphatic rings. The Balaban J connectivity index is 1.41. The quantitative estimate of drug-likeness (QED) is 0.447. The SMILES string of the molecule is CCNC(=NCCCOCC1CC1)N1CCN(c2ccccc2)CC1. The first-order valence-electron chi connectivity index (χ1n) is 9.78. The molecular formula is C20H32N4O. The number of anilines is 1. The molecule has 5 heteroatoms. The molecule has 1 heterocycles. The van der Waals surface area contributed by atoms with E-state index in [9.17, 15) is 0 Å². The van der Waals surface area contributed by atoms with E-state index < -0.39 is 0 Å². The van der Waals surface area contributed by atoms with Crippen molar-refractivity contribution < 1.29 is 4.74 Å². The maximum atomic E-state index is 5.70. The monoisotopic (exact) mass is 344 g/mol. The number of aliphatic imine (C=N–C) groups is 1. The van der Waals surface area contributed by atoms with Gasteiger partial charge in [-0.2, -0.15) is 0 Å². The highest BCUT2D eigenvalue weighted by atomic mass is 16.5. The van der Waals surface area contributed by atoms with Crippen molar-refractivity contribution in [2.75, 3.05) is 57.4 Å². The number of nitrogens with zero attached hydrogens (tertiary/aromatic N) is 3. The third kappa shape index (κ3) is 5.92. The average molecular weight is 345 g/mol. The van der Waals surface area contributed by atoms with Gasteiger partial charge in [0.05, 0.1) is 0 Å². The topological polar surface area (TPSA) is 40.1 Å². The number of hydrogen-bond donors (Lipinski definition) is 1. The molecule has 1 saturated carbocycles. The number of benzene rings is 1. The molecular weight excluding hydrogens is 312 g/mol. The van der Waals surface area contributed by atoms with Gasteiger partial charge in [-0.3, -0.25) is 4.99 Å². The Bertz CT molecular complexity index is 522.